The predicted octanol–water partition coefficient (Wildman–Crippen LogP) is 2.67. The molecule has 0 radical (unpaired) electrons. The molecule has 0 aliphatic rings. The molecule has 0 aromatic rings. The molecule has 0 aromatic carbocycles. The van der Waals surface area contributed by atoms with Gasteiger partial charge in [0.1, 0.15) is 0 Å². The first kappa shape index (κ1) is 7.82. The third kappa shape index (κ3) is 3.99. The second kappa shape index (κ2) is 3.78. The molecule has 0 N–H and O–H groups in total. The molecule has 0 saturated carbocycles. The Labute approximate surface area is 59.9 Å². The van der Waals surface area contributed by atoms with Crippen molar-refractivity contribution in [2.24, 2.45) is 0 Å². The van der Waals surface area contributed by atoms with Crippen LogP contribution in [0.5, 0.6) is 0 Å². The van der Waals surface area contributed by atoms with Gasteiger partial charge in [-0.3, -0.25) is 0 Å². The molecule has 0 aromatic heterocycles. The maximum absolute atomic E-state index is 5.23. The Morgan fingerprint density at radius 1 is 1.17 bits per heavy atom. The van der Waals surface area contributed by atoms with Gasteiger partial charge in [-0.15, -0.1) is 0 Å². The minimum atomic E-state index is -1.59. The van der Waals surface area contributed by atoms with Gasteiger partial charge in [0.05, 0.1) is 0 Å². The summed E-state index contributed by atoms with van der Waals surface area (Å²) in [4.78, 5) is 0. The van der Waals surface area contributed by atoms with Crippen molar-refractivity contribution in [3.8, 4) is 0 Å². The molecule has 0 bridgehead atoms. The van der Waals surface area contributed by atoms with E-state index in [0.29, 0.717) is 0 Å². The average Bonchev–Trinajstić information content (AvgIpc) is 1.36. The van der Waals surface area contributed by atoms with E-state index in [2.05, 4.69) is 0 Å². The van der Waals surface area contributed by atoms with Gasteiger partial charge in [0.2, 0.25) is 0 Å². The molecule has 0 nitrogen and oxygen atoms in total. The summed E-state index contributed by atoms with van der Waals surface area (Å²) in [5.41, 5.74) is 0. The Bertz CT molecular complexity index is 28.5. The van der Waals surface area contributed by atoms with Crippen molar-refractivity contribution in [1.82, 2.24) is 0 Å². The zero-order chi connectivity index (χ0) is 5.15. The third-order valence-corrected chi connectivity index (χ3v) is 5.55. The van der Waals surface area contributed by atoms with Gasteiger partial charge >= 0.3 is 60.3 Å². The van der Waals surface area contributed by atoms with Gasteiger partial charge in [0, 0.05) is 0 Å². The fraction of sp³-hybridized carbons (Fsp3) is 1.00. The van der Waals surface area contributed by atoms with Crippen LogP contribution in [0.25, 0.3) is 0 Å². The zero-order valence-corrected chi connectivity index (χ0v) is 6.98. The van der Waals surface area contributed by atoms with Crippen LogP contribution in [0, 0.1) is 0 Å². The van der Waals surface area contributed by atoms with Crippen LogP contribution < -0.4 is 0 Å². The zero-order valence-electron chi connectivity index (χ0n) is 2.41. The van der Waals surface area contributed by atoms with E-state index in [9.17, 15) is 0 Å². The van der Waals surface area contributed by atoms with Crippen LogP contribution >= 0.6 is 42.3 Å². The van der Waals surface area contributed by atoms with E-state index < -0.39 is 18.0 Å². The molecule has 43 valence electrons. The van der Waals surface area contributed by atoms with Crippen molar-refractivity contribution in [3.05, 3.63) is 0 Å². The summed E-state index contributed by atoms with van der Waals surface area (Å²) in [5.74, 6) is 0. The minimum absolute atomic E-state index is 0.556. The fourth-order valence-corrected chi connectivity index (χ4v) is 0. The first-order chi connectivity index (χ1) is 2.64. The molecule has 0 atom stereocenters. The van der Waals surface area contributed by atoms with Crippen molar-refractivity contribution in [2.45, 2.75) is 3.31 Å². The predicted molar refractivity (Wildman–Crippen MR) is 27.2 cm³/mol. The molecule has 0 aliphatic carbocycles. The van der Waals surface area contributed by atoms with E-state index in [4.69, 9.17) is 42.3 Å². The van der Waals surface area contributed by atoms with Crippen LogP contribution in [0.2, 0.25) is 0 Å². The Balaban J connectivity index is 2.99. The van der Waals surface area contributed by atoms with Gasteiger partial charge in [-0.1, -0.05) is 0 Å². The Morgan fingerprint density at radius 2 is 1.33 bits per heavy atom. The van der Waals surface area contributed by atoms with Crippen LogP contribution in [-0.2, 0) is 14.7 Å². The van der Waals surface area contributed by atoms with Crippen molar-refractivity contribution in [1.29, 1.82) is 0 Å². The van der Waals surface area contributed by atoms with Crippen LogP contribution in [0.4, 0.5) is 0 Å². The second-order valence-corrected chi connectivity index (χ2v) is 8.05. The normalized spacial score (nSPS) is 12.5. The number of alkyl halides is 2. The second-order valence-electron chi connectivity index (χ2n) is 0.404. The fourth-order valence-electron chi connectivity index (χ4n) is 0. The average molecular weight is 261 g/mol. The molecule has 0 aliphatic heterocycles. The topological polar surface area (TPSA) is 0 Å². The van der Waals surface area contributed by atoms with Gasteiger partial charge in [-0.2, -0.15) is 0 Å². The van der Waals surface area contributed by atoms with Gasteiger partial charge < -0.3 is 0 Å². The number of rotatable bonds is 1. The number of hydrogen-bond donors (Lipinski definition) is 0. The standard InChI is InChI=1S/CHCl2.2ClH.Pd/c2-1-3;;;/h1H;2*1H;/q;;;+2/p-2. The summed E-state index contributed by atoms with van der Waals surface area (Å²) in [5, 5.41) is 0. The number of halogens is 4. The number of hydrogen-bond acceptors (Lipinski definition) is 0. The Morgan fingerprint density at radius 3 is 1.33 bits per heavy atom. The molecule has 6 heavy (non-hydrogen) atoms. The van der Waals surface area contributed by atoms with E-state index in [1.165, 1.54) is 0 Å². The molecule has 0 saturated heterocycles. The summed E-state index contributed by atoms with van der Waals surface area (Å²) in [6.45, 7) is 0. The van der Waals surface area contributed by atoms with Crippen LogP contribution in [0.1, 0.15) is 0 Å². The Kier molecular flexibility index (Phi) is 4.93. The van der Waals surface area contributed by atoms with Crippen molar-refractivity contribution >= 4 is 42.3 Å². The molecule has 0 amide bonds. The van der Waals surface area contributed by atoms with E-state index in [-0.39, 0.29) is 0 Å². The van der Waals surface area contributed by atoms with Gasteiger partial charge in [-0.05, 0) is 0 Å². The van der Waals surface area contributed by atoms with Crippen LogP contribution in [0.15, 0.2) is 0 Å². The molecule has 5 heteroatoms. The van der Waals surface area contributed by atoms with E-state index >= 15 is 0 Å². The van der Waals surface area contributed by atoms with Crippen LogP contribution in [-0.4, -0.2) is 3.31 Å². The van der Waals surface area contributed by atoms with Crippen molar-refractivity contribution in [2.75, 3.05) is 0 Å². The van der Waals surface area contributed by atoms with E-state index in [0.717, 1.165) is 0 Å². The molecule has 0 unspecified atom stereocenters. The Hall–Kier alpha value is 1.82. The van der Waals surface area contributed by atoms with Crippen molar-refractivity contribution in [3.63, 3.8) is 0 Å². The van der Waals surface area contributed by atoms with E-state index in [1.54, 1.807) is 0 Å². The summed E-state index contributed by atoms with van der Waals surface area (Å²) < 4.78 is -0.556. The molecule has 0 rings (SSSR count). The first-order valence-corrected chi connectivity index (χ1v) is 6.63. The van der Waals surface area contributed by atoms with E-state index in [1.807, 2.05) is 0 Å². The SMILES string of the molecule is Cl[CH](Cl)[Pd]([Cl])[Cl]. The molecular formula is CHCl4Pd. The van der Waals surface area contributed by atoms with Crippen molar-refractivity contribution < 1.29 is 14.7 Å². The summed E-state index contributed by atoms with van der Waals surface area (Å²) in [6.07, 6.45) is 0. The van der Waals surface area contributed by atoms with Gasteiger partial charge in [0.25, 0.3) is 0 Å². The summed E-state index contributed by atoms with van der Waals surface area (Å²) >= 11 is 8.74. The monoisotopic (exact) mass is 259 g/mol. The summed E-state index contributed by atoms with van der Waals surface area (Å²) in [7, 11) is 10.5. The third-order valence-electron chi connectivity index (χ3n) is 0.104. The first-order valence-electron chi connectivity index (χ1n) is 0.858. The molecule has 0 spiro atoms. The quantitative estimate of drug-likeness (QED) is 0.503. The molecular weight excluding hydrogens is 260 g/mol. The summed E-state index contributed by atoms with van der Waals surface area (Å²) in [6, 6.07) is 0. The van der Waals surface area contributed by atoms with Crippen LogP contribution in [0.3, 0.4) is 0 Å². The molecule has 0 heterocycles. The maximum atomic E-state index is 5.23. The molecule has 0 fully saturated rings. The van der Waals surface area contributed by atoms with Gasteiger partial charge in [-0.25, -0.2) is 0 Å². The van der Waals surface area contributed by atoms with Gasteiger partial charge in [0.15, 0.2) is 0 Å².